The highest BCUT2D eigenvalue weighted by Crippen LogP contribution is 2.43. The number of rotatable bonds is 8. The number of ether oxygens (including phenoxy) is 2. The van der Waals surface area contributed by atoms with Crippen LogP contribution in [0.4, 0.5) is 0 Å². The van der Waals surface area contributed by atoms with Crippen LogP contribution in [0.15, 0.2) is 89.9 Å². The Labute approximate surface area is 386 Å². The summed E-state index contributed by atoms with van der Waals surface area (Å²) < 4.78 is 51.2. The lowest BCUT2D eigenvalue weighted by Gasteiger charge is -2.32. The molecule has 0 atom stereocenters. The minimum absolute atomic E-state index is 0.360. The monoisotopic (exact) mass is 936 g/mol. The molecule has 0 bridgehead atoms. The summed E-state index contributed by atoms with van der Waals surface area (Å²) in [6.45, 7) is 25.7. The van der Waals surface area contributed by atoms with Gasteiger partial charge >= 0.3 is 21.1 Å². The number of halogens is 1. The van der Waals surface area contributed by atoms with Gasteiger partial charge in [0.2, 0.25) is 0 Å². The van der Waals surface area contributed by atoms with Gasteiger partial charge in [-0.25, -0.2) is 19.3 Å². The Kier molecular flexibility index (Phi) is 13.3. The number of benzene rings is 2. The second-order valence-electron chi connectivity index (χ2n) is 19.4. The summed E-state index contributed by atoms with van der Waals surface area (Å²) >= 11 is 3.41. The van der Waals surface area contributed by atoms with Crippen molar-refractivity contribution in [1.82, 2.24) is 29.5 Å². The van der Waals surface area contributed by atoms with Crippen molar-refractivity contribution in [2.45, 2.75) is 130 Å². The van der Waals surface area contributed by atoms with Crippen molar-refractivity contribution in [2.24, 2.45) is 0 Å². The highest BCUT2D eigenvalue weighted by molar-refractivity contribution is 9.10. The van der Waals surface area contributed by atoms with Crippen molar-refractivity contribution in [3.05, 3.63) is 101 Å². The van der Waals surface area contributed by atoms with Crippen molar-refractivity contribution in [3.8, 4) is 11.5 Å². The second-order valence-corrected chi connectivity index (χ2v) is 20.3. The van der Waals surface area contributed by atoms with Crippen LogP contribution in [0.5, 0.6) is 11.5 Å². The van der Waals surface area contributed by atoms with Gasteiger partial charge in [-0.15, -0.1) is 0 Å². The zero-order valence-corrected chi connectivity index (χ0v) is 41.1. The van der Waals surface area contributed by atoms with Gasteiger partial charge in [0.05, 0.1) is 73.3 Å². The molecule has 18 heteroatoms. The SMILES string of the molecule is CC1(C)OB(B2OC(C)(C)C(C)(C)O2)OC1(C)C.COc1ccc(Cn2ncc3cc(B4OC(C)(C)C(C)(C)O4)cnc32)cc1.COc1ccc(Cn2ncc3cc(Br)cnc32)cc1. The van der Waals surface area contributed by atoms with Crippen LogP contribution in [0, 0.1) is 0 Å². The zero-order valence-electron chi connectivity index (χ0n) is 39.6. The summed E-state index contributed by atoms with van der Waals surface area (Å²) in [4.78, 5) is 9.03. The van der Waals surface area contributed by atoms with Crippen molar-refractivity contribution < 1.29 is 37.4 Å². The Balaban J connectivity index is 0.000000148. The van der Waals surface area contributed by atoms with E-state index in [1.165, 1.54) is 0 Å². The van der Waals surface area contributed by atoms with Crippen LogP contribution in [-0.2, 0) is 41.0 Å². The van der Waals surface area contributed by atoms with Gasteiger partial charge in [-0.05, 0) is 147 Å². The molecule has 14 nitrogen and oxygen atoms in total. The molecule has 3 aliphatic rings. The fraction of sp³-hybridized carbons (Fsp3) is 0.478. The standard InChI is InChI=1S/C20H24BN3O3.C14H12BrN3O.C12H24B2O4/c1-19(2)20(3,4)27-21(26-19)16-10-15-11-23-24(18(15)22-12-16)13-14-6-8-17(25-5)9-7-14;1-19-13-4-2-10(3-5-13)9-18-14-11(7-17-18)6-12(15)8-16-14;1-9(2)10(3,4)16-13(15-9)14-17-11(5,6)12(7,8)18-14/h6-12H,13H2,1-5H3;2-8H,9H2,1H3;1-8H3. The molecule has 0 aliphatic carbocycles. The van der Waals surface area contributed by atoms with Crippen LogP contribution in [0.1, 0.15) is 94.2 Å². The van der Waals surface area contributed by atoms with Gasteiger partial charge in [0.1, 0.15) is 11.5 Å². The Morgan fingerprint density at radius 3 is 1.25 bits per heavy atom. The number of fused-ring (bicyclic) bond motifs is 2. The van der Waals surface area contributed by atoms with Crippen LogP contribution in [0.2, 0.25) is 0 Å². The Hall–Kier alpha value is -4.29. The lowest BCUT2D eigenvalue weighted by molar-refractivity contribution is 0.00578. The number of hydrogen-bond donors (Lipinski definition) is 0. The van der Waals surface area contributed by atoms with Crippen molar-refractivity contribution in [3.63, 3.8) is 0 Å². The van der Waals surface area contributed by atoms with E-state index in [1.54, 1.807) is 20.4 Å². The van der Waals surface area contributed by atoms with E-state index in [0.717, 1.165) is 54.6 Å². The summed E-state index contributed by atoms with van der Waals surface area (Å²) in [5.74, 6) is 1.70. The third kappa shape index (κ3) is 9.93. The van der Waals surface area contributed by atoms with Crippen LogP contribution < -0.4 is 14.9 Å². The van der Waals surface area contributed by atoms with Crippen molar-refractivity contribution in [1.29, 1.82) is 0 Å². The molecule has 0 amide bonds. The number of pyridine rings is 2. The van der Waals surface area contributed by atoms with E-state index in [-0.39, 0.29) is 33.6 Å². The molecule has 3 saturated heterocycles. The van der Waals surface area contributed by atoms with Gasteiger partial charge in [-0.3, -0.25) is 0 Å². The van der Waals surface area contributed by atoms with Crippen LogP contribution in [0.25, 0.3) is 22.1 Å². The molecule has 9 rings (SSSR count). The predicted molar refractivity (Wildman–Crippen MR) is 255 cm³/mol. The molecule has 3 fully saturated rings. The van der Waals surface area contributed by atoms with Gasteiger partial charge < -0.3 is 37.4 Å². The molecular formula is C46H60B3BrN6O8. The van der Waals surface area contributed by atoms with Gasteiger partial charge in [-0.1, -0.05) is 24.3 Å². The molecular weight excluding hydrogens is 877 g/mol. The molecule has 0 spiro atoms. The lowest BCUT2D eigenvalue weighted by Crippen LogP contribution is -2.41. The molecule has 64 heavy (non-hydrogen) atoms. The fourth-order valence-electron chi connectivity index (χ4n) is 7.08. The lowest BCUT2D eigenvalue weighted by atomic mass is 9.49. The minimum Gasteiger partial charge on any atom is -0.497 e. The maximum absolute atomic E-state index is 6.12. The first-order valence-corrected chi connectivity index (χ1v) is 22.3. The fourth-order valence-corrected chi connectivity index (χ4v) is 7.43. The minimum atomic E-state index is -0.476. The maximum Gasteiger partial charge on any atom is 0.496 e. The molecule has 0 unspecified atom stereocenters. The highest BCUT2D eigenvalue weighted by atomic mass is 79.9. The van der Waals surface area contributed by atoms with Crippen LogP contribution in [0.3, 0.4) is 0 Å². The Bertz CT molecular complexity index is 2480. The number of hydrogen-bond acceptors (Lipinski definition) is 12. The van der Waals surface area contributed by atoms with E-state index in [9.17, 15) is 0 Å². The molecule has 3 aliphatic heterocycles. The zero-order chi connectivity index (χ0) is 46.5. The number of nitrogens with zero attached hydrogens (tertiary/aromatic N) is 6. The summed E-state index contributed by atoms with van der Waals surface area (Å²) in [6, 6.07) is 20.0. The van der Waals surface area contributed by atoms with Crippen molar-refractivity contribution >= 4 is 64.6 Å². The predicted octanol–water partition coefficient (Wildman–Crippen LogP) is 8.29. The van der Waals surface area contributed by atoms with E-state index in [4.69, 9.17) is 37.4 Å². The first-order valence-electron chi connectivity index (χ1n) is 21.5. The molecule has 4 aromatic heterocycles. The van der Waals surface area contributed by atoms with E-state index in [2.05, 4.69) is 36.1 Å². The topological polar surface area (TPSA) is 135 Å². The number of aromatic nitrogens is 6. The molecule has 0 radical (unpaired) electrons. The third-order valence-electron chi connectivity index (χ3n) is 13.2. The Morgan fingerprint density at radius 1 is 0.500 bits per heavy atom. The Morgan fingerprint density at radius 2 is 0.859 bits per heavy atom. The molecule has 2 aromatic carbocycles. The molecule has 7 heterocycles. The summed E-state index contributed by atoms with van der Waals surface area (Å²) in [6.07, 6.45) is 7.27. The number of methoxy groups -OCH3 is 2. The smallest absolute Gasteiger partial charge is 0.496 e. The normalized spacial score (nSPS) is 19.9. The van der Waals surface area contributed by atoms with E-state index < -0.39 is 21.1 Å². The van der Waals surface area contributed by atoms with Gasteiger partial charge in [-0.2, -0.15) is 10.2 Å². The van der Waals surface area contributed by atoms with Gasteiger partial charge in [0.15, 0.2) is 11.3 Å². The molecule has 0 saturated carbocycles. The van der Waals surface area contributed by atoms with Crippen LogP contribution >= 0.6 is 15.9 Å². The van der Waals surface area contributed by atoms with Gasteiger partial charge in [0, 0.05) is 33.1 Å². The maximum atomic E-state index is 6.12. The summed E-state index contributed by atoms with van der Waals surface area (Å²) in [5, 5.41) is 10.9. The highest BCUT2D eigenvalue weighted by Gasteiger charge is 2.63. The van der Waals surface area contributed by atoms with Gasteiger partial charge in [0.25, 0.3) is 0 Å². The van der Waals surface area contributed by atoms with Crippen LogP contribution in [-0.4, -0.2) is 98.5 Å². The van der Waals surface area contributed by atoms with Crippen molar-refractivity contribution in [2.75, 3.05) is 14.2 Å². The molecule has 6 aromatic rings. The third-order valence-corrected chi connectivity index (χ3v) is 13.6. The largest absolute Gasteiger partial charge is 0.497 e. The van der Waals surface area contributed by atoms with E-state index in [0.29, 0.717) is 13.1 Å². The molecule has 338 valence electrons. The van der Waals surface area contributed by atoms with E-state index in [1.807, 2.05) is 172 Å². The first kappa shape index (κ1) is 47.7. The summed E-state index contributed by atoms with van der Waals surface area (Å²) in [5.41, 5.74) is 2.75. The average molecular weight is 937 g/mol. The summed E-state index contributed by atoms with van der Waals surface area (Å²) in [7, 11) is 1.96. The second kappa shape index (κ2) is 17.8. The van der Waals surface area contributed by atoms with E-state index >= 15 is 0 Å². The quantitative estimate of drug-likeness (QED) is 0.136. The first-order chi connectivity index (χ1) is 29.9. The molecule has 0 N–H and O–H groups in total. The average Bonchev–Trinajstić information content (AvgIpc) is 3.98.